The van der Waals surface area contributed by atoms with Crippen molar-refractivity contribution in [2.75, 3.05) is 0 Å². The minimum atomic E-state index is -2.84. The van der Waals surface area contributed by atoms with Crippen molar-refractivity contribution in [2.45, 2.75) is 72.9 Å². The molecule has 5 heteroatoms. The minimum absolute atomic E-state index is 0.0116. The molecule has 0 unspecified atom stereocenters. The summed E-state index contributed by atoms with van der Waals surface area (Å²) in [6.45, 7) is 4.01. The molecular weight excluding hydrogens is 925 g/mol. The topological polar surface area (TPSA) is 35.9 Å². The van der Waals surface area contributed by atoms with Crippen molar-refractivity contribution >= 4 is 32.8 Å². The van der Waals surface area contributed by atoms with E-state index in [9.17, 15) is 2.74 Å². The zero-order valence-electron chi connectivity index (χ0n) is 61.6. The SMILES string of the molecule is [2H]c1c([2H])c([2H])c(-c2cnc(-n3c4ccccc4c4ccc(Oc5cccc(-n6[c-][n+](-c7c(-c8cccc(C(C)(C)C)c8)cc(C(C)(C)C)cc7-c7c([2H])c([2H])c([2H])c([2H])c7[2H])c7ccc(-c8c(C([2H])([2H])[2H])cccc8C([2H])([2H])[2H])cc76)c5)cc43)cc2C([2H])([2H])[2H])c([2H])c1[2H]. The quantitative estimate of drug-likeness (QED) is 0.107. The first-order chi connectivity index (χ1) is 44.4. The Hall–Kier alpha value is -8.80. The lowest BCUT2D eigenvalue weighted by molar-refractivity contribution is -0.571. The molecule has 0 aliphatic carbocycles. The second-order valence-corrected chi connectivity index (χ2v) is 20.9. The lowest BCUT2D eigenvalue weighted by Crippen LogP contribution is -2.32. The van der Waals surface area contributed by atoms with Crippen molar-refractivity contribution in [3.05, 3.63) is 246 Å². The number of pyridine rings is 1. The van der Waals surface area contributed by atoms with E-state index in [4.69, 9.17) is 33.0 Å². The standard InChI is InChI=1S/C71H62N4O/c1-46-21-18-22-47(2)68(46)52-33-36-64-66(39-52)73(45-74(64)69-60(49-23-12-10-13-24-49)40-54(71(7,8)9)41-61(69)51-27-19-28-53(38-51)70(4,5)6)55-29-20-30-56(42-55)76-57-34-35-59-58-31-16-17-32-63(58)75(65(59)43-57)67-37-48(3)62(44-72-67)50-25-14-11-15-26-50/h10-44H,1-9H3/i1D3,2D3,3D3,10D,11D,12D,13D,14D,15D,23D,24D,25D,26D. The number of hydrogen-bond donors (Lipinski definition) is 0. The number of benzene rings is 9. The van der Waals surface area contributed by atoms with E-state index >= 15 is 0 Å². The molecular formula is C71H62N4O. The number of imidazole rings is 1. The third-order valence-electron chi connectivity index (χ3n) is 13.9. The molecule has 3 aromatic heterocycles. The van der Waals surface area contributed by atoms with Crippen molar-refractivity contribution in [2.24, 2.45) is 0 Å². The second kappa shape index (κ2) is 18.8. The van der Waals surface area contributed by atoms with E-state index in [1.807, 2.05) is 81.4 Å². The summed E-state index contributed by atoms with van der Waals surface area (Å²) < 4.78 is 178. The Morgan fingerprint density at radius 3 is 1.89 bits per heavy atom. The highest BCUT2D eigenvalue weighted by molar-refractivity contribution is 6.09. The molecule has 0 amide bonds. The zero-order chi connectivity index (χ0) is 68.7. The van der Waals surface area contributed by atoms with Gasteiger partial charge in [-0.1, -0.05) is 193 Å². The van der Waals surface area contributed by atoms with E-state index in [2.05, 4.69) is 33.2 Å². The first kappa shape index (κ1) is 31.2. The van der Waals surface area contributed by atoms with Crippen LogP contribution in [0.4, 0.5) is 0 Å². The maximum absolute atomic E-state index is 9.50. The predicted octanol–water partition coefficient (Wildman–Crippen LogP) is 18.2. The third-order valence-corrected chi connectivity index (χ3v) is 13.9. The Balaban J connectivity index is 1.10. The van der Waals surface area contributed by atoms with Gasteiger partial charge in [-0.15, -0.1) is 0 Å². The van der Waals surface area contributed by atoms with Crippen LogP contribution in [-0.4, -0.2) is 14.1 Å². The number of para-hydroxylation sites is 1. The summed E-state index contributed by atoms with van der Waals surface area (Å²) in [5.74, 6) is 0.785. The molecule has 0 aliphatic rings. The van der Waals surface area contributed by atoms with Crippen LogP contribution in [0.15, 0.2) is 212 Å². The van der Waals surface area contributed by atoms with E-state index in [1.165, 1.54) is 30.5 Å². The maximum Gasteiger partial charge on any atom is 0.269 e. The van der Waals surface area contributed by atoms with Crippen LogP contribution >= 0.6 is 0 Å². The summed E-state index contributed by atoms with van der Waals surface area (Å²) in [4.78, 5) is 4.72. The lowest BCUT2D eigenvalue weighted by Gasteiger charge is -2.26. The highest BCUT2D eigenvalue weighted by Gasteiger charge is 2.26. The summed E-state index contributed by atoms with van der Waals surface area (Å²) >= 11 is 0. The number of nitrogens with zero attached hydrogens (tertiary/aromatic N) is 4. The van der Waals surface area contributed by atoms with Crippen LogP contribution in [0.3, 0.4) is 0 Å². The molecule has 0 bridgehead atoms. The monoisotopic (exact) mass is 1010 g/mol. The molecule has 0 saturated carbocycles. The van der Waals surface area contributed by atoms with Crippen molar-refractivity contribution in [3.63, 3.8) is 0 Å². The van der Waals surface area contributed by atoms with Gasteiger partial charge in [-0.3, -0.25) is 13.7 Å². The Labute approximate surface area is 473 Å². The molecule has 12 rings (SSSR count). The van der Waals surface area contributed by atoms with Gasteiger partial charge in [0.25, 0.3) is 6.33 Å². The number of fused-ring (bicyclic) bond motifs is 4. The van der Waals surface area contributed by atoms with E-state index in [0.29, 0.717) is 50.5 Å². The zero-order valence-corrected chi connectivity index (χ0v) is 42.6. The summed E-state index contributed by atoms with van der Waals surface area (Å²) in [5.41, 5.74) is 4.41. The van der Waals surface area contributed by atoms with Gasteiger partial charge in [0.2, 0.25) is 0 Å². The van der Waals surface area contributed by atoms with Gasteiger partial charge in [0, 0.05) is 40.9 Å². The Morgan fingerprint density at radius 2 is 1.17 bits per heavy atom. The number of ether oxygens (including phenoxy) is 1. The van der Waals surface area contributed by atoms with Gasteiger partial charge in [-0.25, -0.2) is 4.98 Å². The van der Waals surface area contributed by atoms with Crippen LogP contribution in [-0.2, 0) is 10.8 Å². The molecule has 12 aromatic rings. The second-order valence-electron chi connectivity index (χ2n) is 20.9. The Bertz CT molecular complexity index is 5070. The van der Waals surface area contributed by atoms with E-state index < -0.39 is 86.4 Å². The van der Waals surface area contributed by atoms with Crippen LogP contribution in [0.1, 0.15) is 95.4 Å². The molecule has 0 spiro atoms. The summed E-state index contributed by atoms with van der Waals surface area (Å²) in [7, 11) is 0. The smallest absolute Gasteiger partial charge is 0.269 e. The van der Waals surface area contributed by atoms with Crippen molar-refractivity contribution in [3.8, 4) is 73.2 Å². The molecule has 3 heterocycles. The average molecular weight is 1010 g/mol. The molecule has 0 N–H and O–H groups in total. The highest BCUT2D eigenvalue weighted by atomic mass is 16.5. The summed E-state index contributed by atoms with van der Waals surface area (Å²) in [6, 6.07) is 36.8. The fourth-order valence-corrected chi connectivity index (χ4v) is 9.98. The maximum atomic E-state index is 9.50. The number of aryl methyl sites for hydroxylation is 3. The predicted molar refractivity (Wildman–Crippen MR) is 316 cm³/mol. The van der Waals surface area contributed by atoms with Crippen molar-refractivity contribution in [1.29, 1.82) is 0 Å². The molecule has 0 saturated heterocycles. The van der Waals surface area contributed by atoms with Gasteiger partial charge in [0.05, 0.1) is 47.1 Å². The normalized spacial score (nSPS) is 16.1. The summed E-state index contributed by atoms with van der Waals surface area (Å²) in [6.07, 6.45) is 4.81. The van der Waals surface area contributed by atoms with Crippen LogP contribution < -0.4 is 9.30 Å². The molecule has 372 valence electrons. The molecule has 0 aliphatic heterocycles. The van der Waals surface area contributed by atoms with Crippen molar-refractivity contribution in [1.82, 2.24) is 14.1 Å². The highest BCUT2D eigenvalue weighted by Crippen LogP contribution is 2.42. The summed E-state index contributed by atoms with van der Waals surface area (Å²) in [5, 5.41) is 1.53. The molecule has 0 radical (unpaired) electrons. The first-order valence-corrected chi connectivity index (χ1v) is 24.9. The third kappa shape index (κ3) is 8.75. The lowest BCUT2D eigenvalue weighted by atomic mass is 9.81. The minimum Gasteiger partial charge on any atom is -0.458 e. The Morgan fingerprint density at radius 1 is 0.513 bits per heavy atom. The molecule has 76 heavy (non-hydrogen) atoms. The van der Waals surface area contributed by atoms with Crippen LogP contribution in [0, 0.1) is 26.9 Å². The van der Waals surface area contributed by atoms with Crippen LogP contribution in [0.5, 0.6) is 11.5 Å². The molecule has 0 fully saturated rings. The van der Waals surface area contributed by atoms with Gasteiger partial charge < -0.3 is 4.74 Å². The number of rotatable bonds is 9. The fraction of sp³-hybridized carbons (Fsp3) is 0.155. The fourth-order valence-electron chi connectivity index (χ4n) is 9.98. The van der Waals surface area contributed by atoms with Crippen molar-refractivity contribution < 1.29 is 35.3 Å². The van der Waals surface area contributed by atoms with Gasteiger partial charge >= 0.3 is 0 Å². The average Bonchev–Trinajstić information content (AvgIpc) is 1.72. The van der Waals surface area contributed by atoms with Crippen LogP contribution in [0.2, 0.25) is 0 Å². The number of hydrogen-bond acceptors (Lipinski definition) is 2. The molecule has 5 nitrogen and oxygen atoms in total. The van der Waals surface area contributed by atoms with E-state index in [-0.39, 0.29) is 61.3 Å². The van der Waals surface area contributed by atoms with Crippen LogP contribution in [0.25, 0.3) is 94.5 Å². The van der Waals surface area contributed by atoms with Gasteiger partial charge in [-0.2, -0.15) is 0 Å². The van der Waals surface area contributed by atoms with Gasteiger partial charge in [0.15, 0.2) is 0 Å². The van der Waals surface area contributed by atoms with E-state index in [0.717, 1.165) is 27.5 Å². The molecule has 0 atom stereocenters. The number of aromatic nitrogens is 4. The first-order valence-electron chi connectivity index (χ1n) is 34.4. The van der Waals surface area contributed by atoms with Gasteiger partial charge in [0.1, 0.15) is 17.3 Å². The molecule has 9 aromatic carbocycles. The van der Waals surface area contributed by atoms with Gasteiger partial charge in [-0.05, 0) is 147 Å². The largest absolute Gasteiger partial charge is 0.458 e. The Kier molecular flexibility index (Phi) is 7.73. The van der Waals surface area contributed by atoms with E-state index in [1.54, 1.807) is 68.3 Å².